The number of unbranched alkanes of at least 4 members (excludes halogenated alkanes) is 1. The Bertz CT molecular complexity index is 738. The van der Waals surface area contributed by atoms with E-state index in [0.29, 0.717) is 19.6 Å². The van der Waals surface area contributed by atoms with Gasteiger partial charge in [0.15, 0.2) is 0 Å². The van der Waals surface area contributed by atoms with Gasteiger partial charge in [0.05, 0.1) is 12.0 Å². The maximum absolute atomic E-state index is 13.5. The van der Waals surface area contributed by atoms with Gasteiger partial charge in [0, 0.05) is 19.6 Å². The lowest BCUT2D eigenvalue weighted by atomic mass is 9.90. The SMILES string of the molecule is CCCCO[C@H]1C[C@@H](C(=O)O)N(C(=O)C(c2ccccc2)c2ccccc2)C1. The summed E-state index contributed by atoms with van der Waals surface area (Å²) in [5, 5.41) is 9.70. The molecular weight excluding hydrogens is 354 g/mol. The van der Waals surface area contributed by atoms with Crippen molar-refractivity contribution < 1.29 is 19.4 Å². The van der Waals surface area contributed by atoms with Crippen molar-refractivity contribution >= 4 is 11.9 Å². The summed E-state index contributed by atoms with van der Waals surface area (Å²) in [5.74, 6) is -1.69. The fourth-order valence-corrected chi connectivity index (χ4v) is 3.72. The number of amides is 1. The van der Waals surface area contributed by atoms with Gasteiger partial charge in [0.1, 0.15) is 6.04 Å². The Hall–Kier alpha value is -2.66. The molecule has 2 aromatic carbocycles. The molecule has 148 valence electrons. The van der Waals surface area contributed by atoms with E-state index in [1.165, 1.54) is 4.90 Å². The van der Waals surface area contributed by atoms with Crippen LogP contribution in [-0.4, -0.2) is 47.2 Å². The fourth-order valence-electron chi connectivity index (χ4n) is 3.72. The van der Waals surface area contributed by atoms with Crippen LogP contribution in [0.5, 0.6) is 0 Å². The zero-order valence-electron chi connectivity index (χ0n) is 16.2. The van der Waals surface area contributed by atoms with Gasteiger partial charge in [-0.3, -0.25) is 4.79 Å². The van der Waals surface area contributed by atoms with Crippen LogP contribution in [0, 0.1) is 0 Å². The number of carbonyl (C=O) groups is 2. The number of benzene rings is 2. The quantitative estimate of drug-likeness (QED) is 0.708. The molecule has 1 saturated heterocycles. The number of carboxylic acid groups (broad SMARTS) is 1. The van der Waals surface area contributed by atoms with Gasteiger partial charge in [-0.25, -0.2) is 4.79 Å². The molecule has 0 aromatic heterocycles. The monoisotopic (exact) mass is 381 g/mol. The molecule has 1 aliphatic heterocycles. The van der Waals surface area contributed by atoms with Crippen molar-refractivity contribution in [2.45, 2.75) is 44.2 Å². The number of hydrogen-bond acceptors (Lipinski definition) is 3. The minimum absolute atomic E-state index is 0.189. The van der Waals surface area contributed by atoms with Crippen LogP contribution < -0.4 is 0 Å². The van der Waals surface area contributed by atoms with Crippen LogP contribution in [-0.2, 0) is 14.3 Å². The van der Waals surface area contributed by atoms with Crippen molar-refractivity contribution in [1.29, 1.82) is 0 Å². The van der Waals surface area contributed by atoms with Gasteiger partial charge < -0.3 is 14.7 Å². The average molecular weight is 381 g/mol. The molecule has 5 heteroatoms. The molecule has 1 fully saturated rings. The van der Waals surface area contributed by atoms with Crippen molar-refractivity contribution in [3.63, 3.8) is 0 Å². The Labute approximate surface area is 165 Å². The fraction of sp³-hybridized carbons (Fsp3) is 0.391. The topological polar surface area (TPSA) is 66.8 Å². The first-order chi connectivity index (χ1) is 13.6. The molecule has 1 heterocycles. The Morgan fingerprint density at radius 3 is 2.14 bits per heavy atom. The molecular formula is C23H27NO4. The summed E-state index contributed by atoms with van der Waals surface area (Å²) in [7, 11) is 0. The van der Waals surface area contributed by atoms with E-state index in [2.05, 4.69) is 6.92 Å². The molecule has 0 saturated carbocycles. The second-order valence-electron chi connectivity index (χ2n) is 7.18. The molecule has 2 atom stereocenters. The number of likely N-dealkylation sites (tertiary alicyclic amines) is 1. The molecule has 0 spiro atoms. The minimum atomic E-state index is -0.977. The third-order valence-corrected chi connectivity index (χ3v) is 5.20. The smallest absolute Gasteiger partial charge is 0.326 e. The van der Waals surface area contributed by atoms with Gasteiger partial charge in [-0.05, 0) is 17.5 Å². The van der Waals surface area contributed by atoms with E-state index in [4.69, 9.17) is 4.74 Å². The molecule has 1 aliphatic rings. The second-order valence-corrected chi connectivity index (χ2v) is 7.18. The van der Waals surface area contributed by atoms with Gasteiger partial charge in [-0.1, -0.05) is 74.0 Å². The van der Waals surface area contributed by atoms with Crippen LogP contribution in [0.15, 0.2) is 60.7 Å². The van der Waals surface area contributed by atoms with Gasteiger partial charge in [-0.15, -0.1) is 0 Å². The Morgan fingerprint density at radius 1 is 1.07 bits per heavy atom. The van der Waals surface area contributed by atoms with Crippen LogP contribution in [0.4, 0.5) is 0 Å². The van der Waals surface area contributed by atoms with Crippen molar-refractivity contribution in [2.24, 2.45) is 0 Å². The van der Waals surface area contributed by atoms with Crippen LogP contribution in [0.1, 0.15) is 43.2 Å². The molecule has 0 aliphatic carbocycles. The maximum atomic E-state index is 13.5. The molecule has 2 aromatic rings. The molecule has 1 N–H and O–H groups in total. The molecule has 0 bridgehead atoms. The van der Waals surface area contributed by atoms with Crippen LogP contribution in [0.25, 0.3) is 0 Å². The lowest BCUT2D eigenvalue weighted by molar-refractivity contribution is -0.148. The largest absolute Gasteiger partial charge is 0.480 e. The van der Waals surface area contributed by atoms with Crippen molar-refractivity contribution in [3.05, 3.63) is 71.8 Å². The summed E-state index contributed by atoms with van der Waals surface area (Å²) in [6.45, 7) is 2.99. The first kappa shape index (κ1) is 20.1. The lowest BCUT2D eigenvalue weighted by Crippen LogP contribution is -2.43. The number of aliphatic carboxylic acids is 1. The summed E-state index contributed by atoms with van der Waals surface area (Å²) < 4.78 is 5.84. The molecule has 0 unspecified atom stereocenters. The molecule has 3 rings (SSSR count). The number of rotatable bonds is 8. The van der Waals surface area contributed by atoms with E-state index in [0.717, 1.165) is 24.0 Å². The normalized spacial score (nSPS) is 19.1. The number of carboxylic acids is 1. The Kier molecular flexibility index (Phi) is 6.82. The summed E-state index contributed by atoms with van der Waals surface area (Å²) in [5.41, 5.74) is 1.72. The first-order valence-corrected chi connectivity index (χ1v) is 9.86. The Balaban J connectivity index is 1.87. The molecule has 5 nitrogen and oxygen atoms in total. The van der Waals surface area contributed by atoms with Gasteiger partial charge in [0.2, 0.25) is 5.91 Å². The van der Waals surface area contributed by atoms with Gasteiger partial charge in [0.25, 0.3) is 0 Å². The lowest BCUT2D eigenvalue weighted by Gasteiger charge is -2.27. The number of carbonyl (C=O) groups excluding carboxylic acids is 1. The van der Waals surface area contributed by atoms with Crippen LogP contribution >= 0.6 is 0 Å². The predicted molar refractivity (Wildman–Crippen MR) is 107 cm³/mol. The molecule has 0 radical (unpaired) electrons. The van der Waals surface area contributed by atoms with Crippen LogP contribution in [0.2, 0.25) is 0 Å². The third-order valence-electron chi connectivity index (χ3n) is 5.20. The predicted octanol–water partition coefficient (Wildman–Crippen LogP) is 3.69. The minimum Gasteiger partial charge on any atom is -0.480 e. The van der Waals surface area contributed by atoms with E-state index in [-0.39, 0.29) is 12.0 Å². The second kappa shape index (κ2) is 9.51. The number of nitrogens with zero attached hydrogens (tertiary/aromatic N) is 1. The third kappa shape index (κ3) is 4.60. The number of hydrogen-bond donors (Lipinski definition) is 1. The molecule has 28 heavy (non-hydrogen) atoms. The van der Waals surface area contributed by atoms with Crippen molar-refractivity contribution in [3.8, 4) is 0 Å². The van der Waals surface area contributed by atoms with E-state index < -0.39 is 17.9 Å². The van der Waals surface area contributed by atoms with Gasteiger partial charge >= 0.3 is 5.97 Å². The Morgan fingerprint density at radius 2 is 1.64 bits per heavy atom. The summed E-state index contributed by atoms with van der Waals surface area (Å²) >= 11 is 0. The highest BCUT2D eigenvalue weighted by Crippen LogP contribution is 2.31. The van der Waals surface area contributed by atoms with E-state index >= 15 is 0 Å². The highest BCUT2D eigenvalue weighted by Gasteiger charge is 2.42. The highest BCUT2D eigenvalue weighted by molar-refractivity contribution is 5.91. The highest BCUT2D eigenvalue weighted by atomic mass is 16.5. The average Bonchev–Trinajstić information content (AvgIpc) is 3.15. The van der Waals surface area contributed by atoms with Crippen molar-refractivity contribution in [1.82, 2.24) is 4.90 Å². The maximum Gasteiger partial charge on any atom is 0.326 e. The zero-order valence-corrected chi connectivity index (χ0v) is 16.2. The van der Waals surface area contributed by atoms with Crippen LogP contribution in [0.3, 0.4) is 0 Å². The first-order valence-electron chi connectivity index (χ1n) is 9.86. The van der Waals surface area contributed by atoms with E-state index in [9.17, 15) is 14.7 Å². The number of ether oxygens (including phenoxy) is 1. The van der Waals surface area contributed by atoms with Crippen molar-refractivity contribution in [2.75, 3.05) is 13.2 Å². The molecule has 1 amide bonds. The zero-order chi connectivity index (χ0) is 19.9. The summed E-state index contributed by atoms with van der Waals surface area (Å²) in [4.78, 5) is 26.9. The summed E-state index contributed by atoms with van der Waals surface area (Å²) in [6.07, 6.45) is 2.05. The standard InChI is InChI=1S/C23H27NO4/c1-2-3-14-28-19-15-20(23(26)27)24(16-19)22(25)21(17-10-6-4-7-11-17)18-12-8-5-9-13-18/h4-13,19-21H,2-3,14-16H2,1H3,(H,26,27)/t19-,20-/m0/s1. The van der Waals surface area contributed by atoms with Gasteiger partial charge in [-0.2, -0.15) is 0 Å². The van der Waals surface area contributed by atoms with E-state index in [1.54, 1.807) is 0 Å². The summed E-state index contributed by atoms with van der Waals surface area (Å²) in [6, 6.07) is 18.2. The van der Waals surface area contributed by atoms with E-state index in [1.807, 2.05) is 60.7 Å².